The van der Waals surface area contributed by atoms with Crippen LogP contribution in [0.2, 0.25) is 0 Å². The maximum atomic E-state index is 13.9. The average molecular weight is 588 g/mol. The lowest BCUT2D eigenvalue weighted by Gasteiger charge is -2.11. The molecule has 0 saturated heterocycles. The van der Waals surface area contributed by atoms with Crippen LogP contribution in [0.15, 0.2) is 102 Å². The molecule has 0 spiro atoms. The zero-order valence-corrected chi connectivity index (χ0v) is 24.8. The molecule has 0 aliphatic carbocycles. The summed E-state index contributed by atoms with van der Waals surface area (Å²) in [6.45, 7) is 4.14. The topological polar surface area (TPSA) is 93.4 Å². The number of rotatable bonds is 8. The molecule has 5 rings (SSSR count). The number of carbonyl (C=O) groups excluding carboxylic acids is 1. The van der Waals surface area contributed by atoms with Gasteiger partial charge in [-0.15, -0.1) is 11.3 Å². The predicted molar refractivity (Wildman–Crippen MR) is 170 cm³/mol. The number of thiazole rings is 1. The fourth-order valence-electron chi connectivity index (χ4n) is 4.58. The van der Waals surface area contributed by atoms with Crippen molar-refractivity contribution in [3.63, 3.8) is 0 Å². The molecule has 1 amide bonds. The molecule has 43 heavy (non-hydrogen) atoms. The number of hydrogen-bond acceptors (Lipinski definition) is 6. The van der Waals surface area contributed by atoms with E-state index in [4.69, 9.17) is 9.47 Å². The molecule has 0 saturated carbocycles. The Bertz CT molecular complexity index is 2020. The number of benzene rings is 4. The summed E-state index contributed by atoms with van der Waals surface area (Å²) in [5.74, 6) is 0.493. The Kier molecular flexibility index (Phi) is 8.85. The van der Waals surface area contributed by atoms with E-state index in [1.54, 1.807) is 37.5 Å². The van der Waals surface area contributed by atoms with Gasteiger partial charge in [-0.3, -0.25) is 14.2 Å². The second-order valence-corrected chi connectivity index (χ2v) is 10.9. The standard InChI is InChI=1S/C35H29N3O4S/c1-23-10-9-14-27(18-23)37-33(39)28(21-36)35-38(29-15-8-7-11-24(29)2)34(40)32(43-35)20-26-16-17-30(41-3)31(19-26)42-22-25-12-5-4-6-13-25/h4-20H,22H2,1-3H3,(H,37,39). The third-order valence-corrected chi connectivity index (χ3v) is 7.82. The normalized spacial score (nSPS) is 11.9. The van der Waals surface area contributed by atoms with Gasteiger partial charge in [0.25, 0.3) is 11.5 Å². The largest absolute Gasteiger partial charge is 0.493 e. The number of hydrogen-bond donors (Lipinski definition) is 1. The number of aromatic nitrogens is 1. The Labute approximate surface area is 253 Å². The number of ether oxygens (including phenoxy) is 2. The first-order valence-corrected chi connectivity index (χ1v) is 14.4. The number of nitrogens with one attached hydrogen (secondary N) is 1. The summed E-state index contributed by atoms with van der Waals surface area (Å²) >= 11 is 1.09. The fraction of sp³-hybridized carbons (Fsp3) is 0.114. The minimum atomic E-state index is -0.593. The van der Waals surface area contributed by atoms with Crippen LogP contribution in [0.5, 0.6) is 11.5 Å². The average Bonchev–Trinajstić information content (AvgIpc) is 3.32. The van der Waals surface area contributed by atoms with Crippen molar-refractivity contribution >= 4 is 34.6 Å². The molecule has 8 heteroatoms. The van der Waals surface area contributed by atoms with E-state index < -0.39 is 5.91 Å². The van der Waals surface area contributed by atoms with E-state index in [-0.39, 0.29) is 15.8 Å². The van der Waals surface area contributed by atoms with Crippen LogP contribution >= 0.6 is 11.3 Å². The highest BCUT2D eigenvalue weighted by atomic mass is 32.1. The summed E-state index contributed by atoms with van der Waals surface area (Å²) in [7, 11) is 1.57. The van der Waals surface area contributed by atoms with Crippen LogP contribution in [0.1, 0.15) is 22.3 Å². The molecule has 214 valence electrons. The Morgan fingerprint density at radius 1 is 0.953 bits per heavy atom. The van der Waals surface area contributed by atoms with E-state index in [0.29, 0.717) is 39.6 Å². The highest BCUT2D eigenvalue weighted by Gasteiger charge is 2.18. The van der Waals surface area contributed by atoms with Gasteiger partial charge in [-0.05, 0) is 72.5 Å². The number of para-hydroxylation sites is 1. The van der Waals surface area contributed by atoms with Crippen molar-refractivity contribution in [3.05, 3.63) is 139 Å². The highest BCUT2D eigenvalue weighted by molar-refractivity contribution is 7.07. The molecule has 0 unspecified atom stereocenters. The third kappa shape index (κ3) is 6.58. The van der Waals surface area contributed by atoms with E-state index in [1.807, 2.05) is 92.7 Å². The first kappa shape index (κ1) is 29.1. The zero-order chi connectivity index (χ0) is 30.3. The summed E-state index contributed by atoms with van der Waals surface area (Å²) < 4.78 is 13.6. The van der Waals surface area contributed by atoms with Crippen molar-refractivity contribution in [2.45, 2.75) is 20.5 Å². The van der Waals surface area contributed by atoms with Crippen LogP contribution in [0.25, 0.3) is 17.3 Å². The van der Waals surface area contributed by atoms with Gasteiger partial charge in [0.2, 0.25) is 0 Å². The number of anilines is 1. The van der Waals surface area contributed by atoms with Gasteiger partial charge in [-0.1, -0.05) is 66.7 Å². The van der Waals surface area contributed by atoms with Gasteiger partial charge in [0.05, 0.1) is 17.3 Å². The van der Waals surface area contributed by atoms with E-state index >= 15 is 0 Å². The molecule has 1 heterocycles. The first-order valence-electron chi connectivity index (χ1n) is 13.5. The van der Waals surface area contributed by atoms with Crippen molar-refractivity contribution in [1.82, 2.24) is 4.57 Å². The number of aryl methyl sites for hydroxylation is 2. The van der Waals surface area contributed by atoms with Crippen molar-refractivity contribution in [2.75, 3.05) is 12.4 Å². The van der Waals surface area contributed by atoms with Crippen molar-refractivity contribution in [1.29, 1.82) is 5.26 Å². The van der Waals surface area contributed by atoms with E-state index in [1.165, 1.54) is 4.57 Å². The highest BCUT2D eigenvalue weighted by Crippen LogP contribution is 2.29. The van der Waals surface area contributed by atoms with Crippen LogP contribution in [0.3, 0.4) is 0 Å². The number of amides is 1. The first-order chi connectivity index (χ1) is 20.9. The van der Waals surface area contributed by atoms with Gasteiger partial charge < -0.3 is 14.8 Å². The number of nitrogens with zero attached hydrogens (tertiary/aromatic N) is 2. The number of carbonyl (C=O) groups is 1. The lowest BCUT2D eigenvalue weighted by Crippen LogP contribution is -2.32. The van der Waals surface area contributed by atoms with Gasteiger partial charge in [-0.2, -0.15) is 5.26 Å². The Hall–Kier alpha value is -5.39. The van der Waals surface area contributed by atoms with Crippen LogP contribution in [0, 0.1) is 25.2 Å². The van der Waals surface area contributed by atoms with Crippen molar-refractivity contribution in [2.24, 2.45) is 0 Å². The summed E-state index contributed by atoms with van der Waals surface area (Å²) in [6, 6.07) is 31.9. The molecule has 0 bridgehead atoms. The second kappa shape index (κ2) is 13.1. The van der Waals surface area contributed by atoms with Gasteiger partial charge in [0.15, 0.2) is 17.1 Å². The van der Waals surface area contributed by atoms with Gasteiger partial charge in [-0.25, -0.2) is 0 Å². The van der Waals surface area contributed by atoms with Gasteiger partial charge in [0.1, 0.15) is 17.3 Å². The number of methoxy groups -OCH3 is 1. The van der Waals surface area contributed by atoms with Gasteiger partial charge in [0, 0.05) is 5.69 Å². The van der Waals surface area contributed by atoms with Crippen LogP contribution in [-0.2, 0) is 11.4 Å². The van der Waals surface area contributed by atoms with Gasteiger partial charge >= 0.3 is 0 Å². The molecule has 0 atom stereocenters. The molecule has 4 aromatic carbocycles. The zero-order valence-electron chi connectivity index (χ0n) is 24.0. The fourth-order valence-corrected chi connectivity index (χ4v) is 5.67. The van der Waals surface area contributed by atoms with E-state index in [9.17, 15) is 14.9 Å². The Morgan fingerprint density at radius 2 is 1.72 bits per heavy atom. The summed E-state index contributed by atoms with van der Waals surface area (Å²) in [4.78, 5) is 27.3. The lowest BCUT2D eigenvalue weighted by molar-refractivity contribution is -0.111. The Morgan fingerprint density at radius 3 is 2.44 bits per heavy atom. The molecule has 1 N–H and O–H groups in total. The molecule has 0 fully saturated rings. The predicted octanol–water partition coefficient (Wildman–Crippen LogP) is 5.25. The quantitative estimate of drug-likeness (QED) is 0.268. The molecule has 0 aliphatic rings. The van der Waals surface area contributed by atoms with Crippen molar-refractivity contribution in [3.8, 4) is 23.3 Å². The third-order valence-electron chi connectivity index (χ3n) is 6.73. The van der Waals surface area contributed by atoms with Crippen LogP contribution < -0.4 is 29.5 Å². The smallest absolute Gasteiger partial charge is 0.273 e. The molecule has 0 aliphatic heterocycles. The second-order valence-electron chi connectivity index (χ2n) is 9.84. The molecule has 7 nitrogen and oxygen atoms in total. The molecule has 1 aromatic heterocycles. The SMILES string of the molecule is COc1ccc(C=c2sc(=C(C#N)C(=O)Nc3cccc(C)c3)n(-c3ccccc3C)c2=O)cc1OCc1ccccc1. The minimum Gasteiger partial charge on any atom is -0.493 e. The monoisotopic (exact) mass is 587 g/mol. The number of nitriles is 1. The minimum absolute atomic E-state index is 0.159. The summed E-state index contributed by atoms with van der Waals surface area (Å²) in [5.41, 5.74) is 4.16. The Balaban J connectivity index is 1.64. The maximum absolute atomic E-state index is 13.9. The summed E-state index contributed by atoms with van der Waals surface area (Å²) in [6.07, 6.45) is 1.73. The summed E-state index contributed by atoms with van der Waals surface area (Å²) in [5, 5.41) is 13.0. The maximum Gasteiger partial charge on any atom is 0.273 e. The van der Waals surface area contributed by atoms with Crippen LogP contribution in [-0.4, -0.2) is 17.6 Å². The molecular formula is C35H29N3O4S. The lowest BCUT2D eigenvalue weighted by atomic mass is 10.2. The van der Waals surface area contributed by atoms with E-state index in [0.717, 1.165) is 28.0 Å². The molecule has 5 aromatic rings. The molecular weight excluding hydrogens is 558 g/mol. The van der Waals surface area contributed by atoms with E-state index in [2.05, 4.69) is 5.32 Å². The van der Waals surface area contributed by atoms with Crippen LogP contribution in [0.4, 0.5) is 5.69 Å². The van der Waals surface area contributed by atoms with Crippen molar-refractivity contribution < 1.29 is 14.3 Å². The molecule has 0 radical (unpaired) electrons.